The lowest BCUT2D eigenvalue weighted by molar-refractivity contribution is -0.136. The van der Waals surface area contributed by atoms with E-state index in [1.54, 1.807) is 6.92 Å². The number of thiophene rings is 1. The molecule has 1 aliphatic carbocycles. The Morgan fingerprint density at radius 2 is 2.19 bits per heavy atom. The van der Waals surface area contributed by atoms with Crippen LogP contribution in [0.5, 0.6) is 0 Å². The zero-order chi connectivity index (χ0) is 19.9. The number of fused-ring (bicyclic) bond motifs is 1. The number of hydrogen-bond acceptors (Lipinski definition) is 5. The SMILES string of the molecule is CC1=C(CC(=O)O)C2=C(Cl)C(=O)CCC2N1C(=O)c1csc(SC(F)F)c1. The Balaban J connectivity index is 2.00. The summed E-state index contributed by atoms with van der Waals surface area (Å²) in [4.78, 5) is 37.7. The number of carbonyl (C=O) groups is 3. The molecule has 27 heavy (non-hydrogen) atoms. The Morgan fingerprint density at radius 1 is 1.48 bits per heavy atom. The van der Waals surface area contributed by atoms with E-state index in [4.69, 9.17) is 11.6 Å². The van der Waals surface area contributed by atoms with Crippen LogP contribution in [0.2, 0.25) is 0 Å². The van der Waals surface area contributed by atoms with Crippen molar-refractivity contribution in [3.8, 4) is 0 Å². The number of thioether (sulfide) groups is 1. The second-order valence-electron chi connectivity index (χ2n) is 6.05. The number of carboxylic acid groups (broad SMARTS) is 1. The third-order valence-electron chi connectivity index (χ3n) is 4.47. The number of rotatable bonds is 5. The fourth-order valence-electron chi connectivity index (χ4n) is 3.37. The molecule has 0 spiro atoms. The standard InChI is InChI=1S/C17H14ClF2NO4S2/c1-7-9(5-12(23)24)14-10(2-3-11(22)15(14)18)21(7)16(25)8-4-13(26-6-8)27-17(19)20/h4,6,10,17H,2-3,5H2,1H3,(H,23,24). The predicted octanol–water partition coefficient (Wildman–Crippen LogP) is 4.49. The largest absolute Gasteiger partial charge is 0.481 e. The molecule has 2 aliphatic rings. The van der Waals surface area contributed by atoms with Gasteiger partial charge in [0.05, 0.1) is 27.3 Å². The van der Waals surface area contributed by atoms with Crippen LogP contribution in [-0.4, -0.2) is 39.5 Å². The number of allylic oxidation sites excluding steroid dienone is 2. The number of aliphatic carboxylic acids is 1. The summed E-state index contributed by atoms with van der Waals surface area (Å²) in [5.41, 5.74) is 1.41. The van der Waals surface area contributed by atoms with E-state index in [0.29, 0.717) is 39.2 Å². The van der Waals surface area contributed by atoms with Gasteiger partial charge in [0.2, 0.25) is 0 Å². The fraction of sp³-hybridized carbons (Fsp3) is 0.353. The highest BCUT2D eigenvalue weighted by Crippen LogP contribution is 2.44. The summed E-state index contributed by atoms with van der Waals surface area (Å²) in [6.45, 7) is 1.61. The van der Waals surface area contributed by atoms with Crippen molar-refractivity contribution in [2.75, 3.05) is 0 Å². The second-order valence-corrected chi connectivity index (χ2v) is 8.63. The first kappa shape index (κ1) is 20.0. The Labute approximate surface area is 166 Å². The summed E-state index contributed by atoms with van der Waals surface area (Å²) in [6.07, 6.45) is 0.126. The summed E-state index contributed by atoms with van der Waals surface area (Å²) in [7, 11) is 0. The molecule has 1 amide bonds. The van der Waals surface area contributed by atoms with Gasteiger partial charge in [-0.25, -0.2) is 0 Å². The molecule has 2 heterocycles. The molecule has 0 radical (unpaired) electrons. The van der Waals surface area contributed by atoms with E-state index in [0.717, 1.165) is 11.3 Å². The highest BCUT2D eigenvalue weighted by Gasteiger charge is 2.43. The number of hydrogen-bond donors (Lipinski definition) is 1. The van der Waals surface area contributed by atoms with E-state index in [9.17, 15) is 28.3 Å². The van der Waals surface area contributed by atoms with E-state index < -0.39 is 23.7 Å². The van der Waals surface area contributed by atoms with Crippen molar-refractivity contribution in [1.82, 2.24) is 4.90 Å². The van der Waals surface area contributed by atoms with Gasteiger partial charge < -0.3 is 10.0 Å². The van der Waals surface area contributed by atoms with Crippen molar-refractivity contribution >= 4 is 52.4 Å². The molecule has 1 unspecified atom stereocenters. The van der Waals surface area contributed by atoms with Crippen molar-refractivity contribution in [3.05, 3.63) is 38.9 Å². The number of ketones is 1. The summed E-state index contributed by atoms with van der Waals surface area (Å²) in [5.74, 6) is -4.39. The third kappa shape index (κ3) is 3.81. The summed E-state index contributed by atoms with van der Waals surface area (Å²) >= 11 is 7.57. The molecule has 144 valence electrons. The minimum absolute atomic E-state index is 0.0311. The van der Waals surface area contributed by atoms with Crippen molar-refractivity contribution in [3.63, 3.8) is 0 Å². The normalized spacial score (nSPS) is 20.0. The highest BCUT2D eigenvalue weighted by molar-refractivity contribution is 8.01. The van der Waals surface area contributed by atoms with Crippen molar-refractivity contribution < 1.29 is 28.3 Å². The summed E-state index contributed by atoms with van der Waals surface area (Å²) in [5, 5.41) is 10.7. The molecule has 0 fully saturated rings. The Morgan fingerprint density at radius 3 is 2.81 bits per heavy atom. The molecule has 1 aromatic heterocycles. The maximum atomic E-state index is 13.0. The van der Waals surface area contributed by atoms with E-state index >= 15 is 0 Å². The van der Waals surface area contributed by atoms with Gasteiger partial charge in [-0.3, -0.25) is 14.4 Å². The van der Waals surface area contributed by atoms with Crippen molar-refractivity contribution in [1.29, 1.82) is 0 Å². The maximum absolute atomic E-state index is 13.0. The number of alkyl halides is 2. The Bertz CT molecular complexity index is 893. The van der Waals surface area contributed by atoms with Gasteiger partial charge in [-0.15, -0.1) is 11.3 Å². The molecule has 0 bridgehead atoms. The topological polar surface area (TPSA) is 74.7 Å². The quantitative estimate of drug-likeness (QED) is 0.692. The lowest BCUT2D eigenvalue weighted by Crippen LogP contribution is -2.38. The van der Waals surface area contributed by atoms with Crippen LogP contribution < -0.4 is 0 Å². The Kier molecular flexibility index (Phi) is 5.73. The number of carboxylic acids is 1. The first-order valence-corrected chi connectivity index (χ1v) is 10.1. The summed E-state index contributed by atoms with van der Waals surface area (Å²) < 4.78 is 25.4. The molecule has 1 aromatic rings. The van der Waals surface area contributed by atoms with Crippen LogP contribution in [-0.2, 0) is 9.59 Å². The van der Waals surface area contributed by atoms with Gasteiger partial charge in [0.15, 0.2) is 5.78 Å². The van der Waals surface area contributed by atoms with Gasteiger partial charge in [-0.05, 0) is 36.7 Å². The fourth-order valence-corrected chi connectivity index (χ4v) is 5.27. The number of amides is 1. The lowest BCUT2D eigenvalue weighted by atomic mass is 9.89. The summed E-state index contributed by atoms with van der Waals surface area (Å²) in [6, 6.07) is 0.869. The lowest BCUT2D eigenvalue weighted by Gasteiger charge is -2.29. The van der Waals surface area contributed by atoms with Gasteiger partial charge in [0.25, 0.3) is 11.7 Å². The molecule has 3 rings (SSSR count). The van der Waals surface area contributed by atoms with Gasteiger partial charge in [-0.2, -0.15) is 8.78 Å². The molecule has 5 nitrogen and oxygen atoms in total. The van der Waals surface area contributed by atoms with Gasteiger partial charge >= 0.3 is 5.97 Å². The highest BCUT2D eigenvalue weighted by atomic mass is 35.5. The third-order valence-corrected chi connectivity index (χ3v) is 6.71. The van der Waals surface area contributed by atoms with Gasteiger partial charge in [0, 0.05) is 23.1 Å². The average Bonchev–Trinajstić information content (AvgIpc) is 3.13. The van der Waals surface area contributed by atoms with Crippen LogP contribution in [0.3, 0.4) is 0 Å². The van der Waals surface area contributed by atoms with E-state index in [-0.39, 0.29) is 29.2 Å². The zero-order valence-corrected chi connectivity index (χ0v) is 16.4. The van der Waals surface area contributed by atoms with E-state index in [2.05, 4.69) is 0 Å². The zero-order valence-electron chi connectivity index (χ0n) is 14.0. The number of carbonyl (C=O) groups excluding carboxylic acids is 2. The minimum Gasteiger partial charge on any atom is -0.481 e. The van der Waals surface area contributed by atoms with Crippen LogP contribution in [0.25, 0.3) is 0 Å². The maximum Gasteiger partial charge on any atom is 0.307 e. The van der Waals surface area contributed by atoms with Crippen molar-refractivity contribution in [2.24, 2.45) is 0 Å². The monoisotopic (exact) mass is 433 g/mol. The van der Waals surface area contributed by atoms with E-state index in [1.165, 1.54) is 16.3 Å². The molecule has 1 aliphatic heterocycles. The number of nitrogens with zero attached hydrogens (tertiary/aromatic N) is 1. The first-order valence-electron chi connectivity index (χ1n) is 7.92. The van der Waals surface area contributed by atoms with Gasteiger partial charge in [0.1, 0.15) is 0 Å². The first-order chi connectivity index (χ1) is 12.7. The minimum atomic E-state index is -2.58. The molecule has 1 N–H and O–H groups in total. The number of halogens is 3. The molecule has 10 heteroatoms. The van der Waals surface area contributed by atoms with Crippen LogP contribution in [0.4, 0.5) is 8.78 Å². The molecule has 0 aromatic carbocycles. The molecular weight excluding hydrogens is 420 g/mol. The van der Waals surface area contributed by atoms with Crippen LogP contribution in [0, 0.1) is 0 Å². The smallest absolute Gasteiger partial charge is 0.307 e. The van der Waals surface area contributed by atoms with Crippen LogP contribution in [0.1, 0.15) is 36.5 Å². The average molecular weight is 434 g/mol. The van der Waals surface area contributed by atoms with Crippen molar-refractivity contribution in [2.45, 2.75) is 42.2 Å². The molecule has 1 atom stereocenters. The molecule has 0 saturated carbocycles. The predicted molar refractivity (Wildman–Crippen MR) is 98.2 cm³/mol. The second kappa shape index (κ2) is 7.73. The number of Topliss-reactive ketones (excluding diaryl/α,β-unsaturated/α-hetero) is 1. The van der Waals surface area contributed by atoms with E-state index in [1.807, 2.05) is 0 Å². The molecular formula is C17H14ClF2NO4S2. The van der Waals surface area contributed by atoms with Crippen LogP contribution >= 0.6 is 34.7 Å². The molecule has 0 saturated heterocycles. The Hall–Kier alpha value is -1.71. The van der Waals surface area contributed by atoms with Crippen LogP contribution in [0.15, 0.2) is 37.5 Å². The van der Waals surface area contributed by atoms with Gasteiger partial charge in [-0.1, -0.05) is 11.6 Å².